The predicted octanol–water partition coefficient (Wildman–Crippen LogP) is 4.10. The molecule has 1 aliphatic carbocycles. The molecule has 208 valence electrons. The summed E-state index contributed by atoms with van der Waals surface area (Å²) in [6.07, 6.45) is 3.56. The summed E-state index contributed by atoms with van der Waals surface area (Å²) in [5.74, 6) is -1.82. The van der Waals surface area contributed by atoms with E-state index in [1.54, 1.807) is 21.1 Å². The molecule has 0 saturated carbocycles. The number of esters is 2. The van der Waals surface area contributed by atoms with Gasteiger partial charge in [0.15, 0.2) is 11.5 Å². The SMILES string of the molecule is C=CCOC(=O)C1=C(NCCc2ccc(OC)c(OC)c2)C[C@](C)(O)[C@H](C(=O)OCC=C)[C@@H]1c1ccccc1. The lowest BCUT2D eigenvalue weighted by molar-refractivity contribution is -0.159. The number of nitrogens with one attached hydrogen (secondary N) is 1. The molecule has 39 heavy (non-hydrogen) atoms. The van der Waals surface area contributed by atoms with Gasteiger partial charge in [0, 0.05) is 24.6 Å². The Kier molecular flexibility index (Phi) is 10.3. The van der Waals surface area contributed by atoms with Crippen molar-refractivity contribution in [1.29, 1.82) is 0 Å². The van der Waals surface area contributed by atoms with Crippen LogP contribution in [-0.4, -0.2) is 56.6 Å². The second kappa shape index (κ2) is 13.7. The Bertz CT molecular complexity index is 1200. The first kappa shape index (κ1) is 29.5. The molecule has 8 nitrogen and oxygen atoms in total. The summed E-state index contributed by atoms with van der Waals surface area (Å²) in [7, 11) is 3.16. The summed E-state index contributed by atoms with van der Waals surface area (Å²) in [6.45, 7) is 9.27. The fourth-order valence-corrected chi connectivity index (χ4v) is 4.93. The summed E-state index contributed by atoms with van der Waals surface area (Å²) in [5.41, 5.74) is 0.943. The quantitative estimate of drug-likeness (QED) is 0.292. The van der Waals surface area contributed by atoms with Crippen LogP contribution in [0.5, 0.6) is 11.5 Å². The maximum Gasteiger partial charge on any atom is 0.336 e. The van der Waals surface area contributed by atoms with Gasteiger partial charge in [0.1, 0.15) is 13.2 Å². The maximum absolute atomic E-state index is 13.5. The number of methoxy groups -OCH3 is 2. The molecule has 0 unspecified atom stereocenters. The lowest BCUT2D eigenvalue weighted by Gasteiger charge is -2.43. The van der Waals surface area contributed by atoms with Crippen LogP contribution in [0.4, 0.5) is 0 Å². The van der Waals surface area contributed by atoms with Gasteiger partial charge >= 0.3 is 11.9 Å². The van der Waals surface area contributed by atoms with Crippen LogP contribution in [0.15, 0.2) is 85.1 Å². The summed E-state index contributed by atoms with van der Waals surface area (Å²) in [5, 5.41) is 15.0. The number of benzene rings is 2. The van der Waals surface area contributed by atoms with Crippen molar-refractivity contribution in [2.45, 2.75) is 31.3 Å². The van der Waals surface area contributed by atoms with E-state index in [4.69, 9.17) is 18.9 Å². The topological polar surface area (TPSA) is 103 Å². The van der Waals surface area contributed by atoms with Crippen molar-refractivity contribution in [2.24, 2.45) is 5.92 Å². The average molecular weight is 536 g/mol. The molecule has 2 N–H and O–H groups in total. The highest BCUT2D eigenvalue weighted by Crippen LogP contribution is 2.47. The first-order valence-electron chi connectivity index (χ1n) is 12.8. The monoisotopic (exact) mass is 535 g/mol. The van der Waals surface area contributed by atoms with Crippen molar-refractivity contribution in [1.82, 2.24) is 5.32 Å². The normalized spacial score (nSPS) is 20.5. The van der Waals surface area contributed by atoms with Crippen LogP contribution in [0.25, 0.3) is 0 Å². The van der Waals surface area contributed by atoms with E-state index in [1.165, 1.54) is 12.2 Å². The van der Waals surface area contributed by atoms with Crippen LogP contribution in [0.3, 0.4) is 0 Å². The predicted molar refractivity (Wildman–Crippen MR) is 149 cm³/mol. The number of rotatable bonds is 13. The van der Waals surface area contributed by atoms with Crippen molar-refractivity contribution in [2.75, 3.05) is 34.0 Å². The molecule has 0 aliphatic heterocycles. The van der Waals surface area contributed by atoms with E-state index in [2.05, 4.69) is 18.5 Å². The molecule has 0 spiro atoms. The Morgan fingerprint density at radius 2 is 1.69 bits per heavy atom. The molecular weight excluding hydrogens is 498 g/mol. The first-order chi connectivity index (χ1) is 18.8. The molecule has 3 atom stereocenters. The zero-order valence-corrected chi connectivity index (χ0v) is 22.8. The fraction of sp³-hybridized carbons (Fsp3) is 0.355. The minimum atomic E-state index is -1.52. The van der Waals surface area contributed by atoms with Gasteiger partial charge in [-0.15, -0.1) is 0 Å². The van der Waals surface area contributed by atoms with E-state index in [0.29, 0.717) is 35.7 Å². The van der Waals surface area contributed by atoms with Crippen molar-refractivity contribution in [3.05, 3.63) is 96.2 Å². The van der Waals surface area contributed by atoms with E-state index in [1.807, 2.05) is 48.5 Å². The molecule has 0 radical (unpaired) electrons. The van der Waals surface area contributed by atoms with Gasteiger partial charge in [-0.2, -0.15) is 0 Å². The minimum absolute atomic E-state index is 0.00470. The van der Waals surface area contributed by atoms with Gasteiger partial charge < -0.3 is 29.4 Å². The van der Waals surface area contributed by atoms with Crippen molar-refractivity contribution >= 4 is 11.9 Å². The highest BCUT2D eigenvalue weighted by Gasteiger charge is 2.52. The summed E-state index contributed by atoms with van der Waals surface area (Å²) < 4.78 is 21.6. The summed E-state index contributed by atoms with van der Waals surface area (Å²) >= 11 is 0. The molecule has 2 aromatic carbocycles. The largest absolute Gasteiger partial charge is 0.493 e. The Morgan fingerprint density at radius 3 is 2.33 bits per heavy atom. The molecule has 0 aromatic heterocycles. The van der Waals surface area contributed by atoms with Gasteiger partial charge in [0.2, 0.25) is 0 Å². The van der Waals surface area contributed by atoms with E-state index in [0.717, 1.165) is 5.56 Å². The summed E-state index contributed by atoms with van der Waals surface area (Å²) in [4.78, 5) is 26.8. The van der Waals surface area contributed by atoms with E-state index in [-0.39, 0.29) is 25.2 Å². The second-order valence-electron chi connectivity index (χ2n) is 9.46. The summed E-state index contributed by atoms with van der Waals surface area (Å²) in [6, 6.07) is 14.8. The van der Waals surface area contributed by atoms with E-state index in [9.17, 15) is 14.7 Å². The second-order valence-corrected chi connectivity index (χ2v) is 9.46. The molecule has 1 aliphatic rings. The van der Waals surface area contributed by atoms with Crippen LogP contribution in [-0.2, 0) is 25.5 Å². The molecule has 0 heterocycles. The van der Waals surface area contributed by atoms with Gasteiger partial charge in [-0.05, 0) is 36.6 Å². The number of hydrogen-bond donors (Lipinski definition) is 2. The van der Waals surface area contributed by atoms with Crippen molar-refractivity contribution < 1.29 is 33.6 Å². The molecule has 0 bridgehead atoms. The van der Waals surface area contributed by atoms with E-state index >= 15 is 0 Å². The lowest BCUT2D eigenvalue weighted by Crippen LogP contribution is -2.50. The number of carbonyl (C=O) groups is 2. The van der Waals surface area contributed by atoms with Crippen molar-refractivity contribution in [3.8, 4) is 11.5 Å². The average Bonchev–Trinajstić information content (AvgIpc) is 2.94. The third-order valence-electron chi connectivity index (χ3n) is 6.68. The highest BCUT2D eigenvalue weighted by molar-refractivity contribution is 5.94. The first-order valence-corrected chi connectivity index (χ1v) is 12.8. The molecule has 0 saturated heterocycles. The van der Waals surface area contributed by atoms with Gasteiger partial charge in [-0.1, -0.05) is 61.7 Å². The zero-order chi connectivity index (χ0) is 28.4. The molecule has 2 aromatic rings. The molecule has 8 heteroatoms. The van der Waals surface area contributed by atoms with Gasteiger partial charge in [0.25, 0.3) is 0 Å². The minimum Gasteiger partial charge on any atom is -0.493 e. The third kappa shape index (κ3) is 7.09. The Balaban J connectivity index is 2.03. The van der Waals surface area contributed by atoms with Gasteiger partial charge in [-0.25, -0.2) is 4.79 Å². The molecule has 0 fully saturated rings. The molecule has 3 rings (SSSR count). The van der Waals surface area contributed by atoms with Crippen LogP contribution >= 0.6 is 0 Å². The Labute approximate surface area is 229 Å². The van der Waals surface area contributed by atoms with Gasteiger partial charge in [-0.3, -0.25) is 4.79 Å². The maximum atomic E-state index is 13.5. The van der Waals surface area contributed by atoms with Crippen molar-refractivity contribution in [3.63, 3.8) is 0 Å². The van der Waals surface area contributed by atoms with Crippen LogP contribution in [0.2, 0.25) is 0 Å². The number of ether oxygens (including phenoxy) is 4. The molecule has 0 amide bonds. The molecular formula is C31H37NO7. The highest BCUT2D eigenvalue weighted by atomic mass is 16.5. The number of hydrogen-bond acceptors (Lipinski definition) is 8. The Morgan fingerprint density at radius 1 is 1.03 bits per heavy atom. The van der Waals surface area contributed by atoms with E-state index < -0.39 is 29.4 Å². The van der Waals surface area contributed by atoms with Gasteiger partial charge in [0.05, 0.1) is 31.3 Å². The lowest BCUT2D eigenvalue weighted by atomic mass is 9.66. The Hall–Kier alpha value is -4.04. The standard InChI is InChI=1S/C31H37NO7/c1-6-17-38-29(33)27-23(32-16-15-21-13-14-24(36-4)25(19-21)37-5)20-31(3,35)28(30(34)39-18-7-2)26(27)22-11-9-8-10-12-22/h6-14,19,26,28,32,35H,1-2,15-18,20H2,3-5H3/t26-,28+,31+/m1/s1. The van der Waals surface area contributed by atoms with Crippen LogP contribution in [0.1, 0.15) is 30.4 Å². The fourth-order valence-electron chi connectivity index (χ4n) is 4.93. The zero-order valence-electron chi connectivity index (χ0n) is 22.8. The number of carbonyl (C=O) groups excluding carboxylic acids is 2. The third-order valence-corrected chi connectivity index (χ3v) is 6.68. The number of aliphatic hydroxyl groups is 1. The van der Waals surface area contributed by atoms with Crippen LogP contribution < -0.4 is 14.8 Å². The van der Waals surface area contributed by atoms with Crippen LogP contribution in [0, 0.1) is 5.92 Å². The smallest absolute Gasteiger partial charge is 0.336 e.